The zero-order valence-electron chi connectivity index (χ0n) is 10.7. The van der Waals surface area contributed by atoms with Crippen molar-refractivity contribution in [2.24, 2.45) is 0 Å². The molecule has 0 unspecified atom stereocenters. The number of hydrogen-bond acceptors (Lipinski definition) is 2. The summed E-state index contributed by atoms with van der Waals surface area (Å²) in [6.07, 6.45) is 3.87. The van der Waals surface area contributed by atoms with Gasteiger partial charge in [0.05, 0.1) is 0 Å². The van der Waals surface area contributed by atoms with Crippen LogP contribution in [0.25, 0.3) is 0 Å². The van der Waals surface area contributed by atoms with Crippen LogP contribution in [0.1, 0.15) is 31.7 Å². The van der Waals surface area contributed by atoms with Crippen molar-refractivity contribution in [2.75, 3.05) is 18.5 Å². The fourth-order valence-corrected chi connectivity index (χ4v) is 2.39. The summed E-state index contributed by atoms with van der Waals surface area (Å²) in [5.74, 6) is 0. The summed E-state index contributed by atoms with van der Waals surface area (Å²) in [5, 5.41) is 3.59. The monoisotopic (exact) mass is 296 g/mol. The first-order valence-electron chi connectivity index (χ1n) is 6.43. The molecule has 17 heavy (non-hydrogen) atoms. The molecule has 1 N–H and O–H groups in total. The van der Waals surface area contributed by atoms with Crippen LogP contribution < -0.4 is 10.2 Å². The molecule has 1 aromatic rings. The quantitative estimate of drug-likeness (QED) is 0.864. The van der Waals surface area contributed by atoms with Crippen molar-refractivity contribution >= 4 is 21.6 Å². The van der Waals surface area contributed by atoms with E-state index in [1.165, 1.54) is 30.5 Å². The standard InChI is InChI=1S/C14H21BrN2/c1-3-8-17(2)14-9-12(15)5-4-11(14)10-16-13-6-7-13/h4-5,9,13,16H,3,6-8,10H2,1-2H3. The van der Waals surface area contributed by atoms with Gasteiger partial charge in [-0.2, -0.15) is 0 Å². The smallest absolute Gasteiger partial charge is 0.0420 e. The summed E-state index contributed by atoms with van der Waals surface area (Å²) >= 11 is 3.56. The van der Waals surface area contributed by atoms with E-state index in [4.69, 9.17) is 0 Å². The topological polar surface area (TPSA) is 15.3 Å². The Kier molecular flexibility index (Phi) is 4.46. The molecule has 2 nitrogen and oxygen atoms in total. The van der Waals surface area contributed by atoms with E-state index in [1.54, 1.807) is 0 Å². The summed E-state index contributed by atoms with van der Waals surface area (Å²) in [5.41, 5.74) is 2.74. The molecule has 1 aromatic carbocycles. The van der Waals surface area contributed by atoms with Gasteiger partial charge in [-0.1, -0.05) is 28.9 Å². The summed E-state index contributed by atoms with van der Waals surface area (Å²) in [6.45, 7) is 4.31. The van der Waals surface area contributed by atoms with Gasteiger partial charge in [-0.3, -0.25) is 0 Å². The molecule has 1 aliphatic carbocycles. The third kappa shape index (κ3) is 3.71. The minimum atomic E-state index is 0.767. The zero-order valence-corrected chi connectivity index (χ0v) is 12.3. The number of rotatable bonds is 6. The molecule has 2 rings (SSSR count). The highest BCUT2D eigenvalue weighted by molar-refractivity contribution is 9.10. The van der Waals surface area contributed by atoms with Crippen LogP contribution in [0.4, 0.5) is 5.69 Å². The Morgan fingerprint density at radius 2 is 2.18 bits per heavy atom. The minimum absolute atomic E-state index is 0.767. The van der Waals surface area contributed by atoms with E-state index >= 15 is 0 Å². The van der Waals surface area contributed by atoms with Crippen molar-refractivity contribution in [1.82, 2.24) is 5.32 Å². The molecule has 0 aliphatic heterocycles. The number of hydrogen-bond donors (Lipinski definition) is 1. The second-order valence-corrected chi connectivity index (χ2v) is 5.77. The number of benzene rings is 1. The van der Waals surface area contributed by atoms with Crippen molar-refractivity contribution in [2.45, 2.75) is 38.8 Å². The van der Waals surface area contributed by atoms with Gasteiger partial charge in [-0.25, -0.2) is 0 Å². The van der Waals surface area contributed by atoms with Gasteiger partial charge in [0.1, 0.15) is 0 Å². The van der Waals surface area contributed by atoms with E-state index in [0.717, 1.165) is 23.6 Å². The lowest BCUT2D eigenvalue weighted by atomic mass is 10.1. The lowest BCUT2D eigenvalue weighted by molar-refractivity contribution is 0.685. The van der Waals surface area contributed by atoms with Crippen LogP contribution in [-0.2, 0) is 6.54 Å². The average Bonchev–Trinajstić information content (AvgIpc) is 3.11. The van der Waals surface area contributed by atoms with Crippen LogP contribution in [0.15, 0.2) is 22.7 Å². The van der Waals surface area contributed by atoms with Crippen molar-refractivity contribution in [3.63, 3.8) is 0 Å². The maximum atomic E-state index is 3.59. The van der Waals surface area contributed by atoms with Crippen molar-refractivity contribution in [1.29, 1.82) is 0 Å². The molecule has 0 radical (unpaired) electrons. The highest BCUT2D eigenvalue weighted by Crippen LogP contribution is 2.26. The van der Waals surface area contributed by atoms with Crippen molar-refractivity contribution in [3.05, 3.63) is 28.2 Å². The second kappa shape index (κ2) is 5.87. The van der Waals surface area contributed by atoms with Gasteiger partial charge in [0.15, 0.2) is 0 Å². The first kappa shape index (κ1) is 12.9. The van der Waals surface area contributed by atoms with Gasteiger partial charge in [-0.05, 0) is 37.0 Å². The van der Waals surface area contributed by atoms with Gasteiger partial charge in [0, 0.05) is 36.3 Å². The maximum absolute atomic E-state index is 3.59. The maximum Gasteiger partial charge on any atom is 0.0420 e. The van der Waals surface area contributed by atoms with Crippen LogP contribution in [0.5, 0.6) is 0 Å². The number of nitrogens with one attached hydrogen (secondary N) is 1. The van der Waals surface area contributed by atoms with Crippen LogP contribution in [0, 0.1) is 0 Å². The van der Waals surface area contributed by atoms with Crippen LogP contribution in [-0.4, -0.2) is 19.6 Å². The fraction of sp³-hybridized carbons (Fsp3) is 0.571. The third-order valence-electron chi connectivity index (χ3n) is 3.18. The molecule has 0 heterocycles. The zero-order chi connectivity index (χ0) is 12.3. The lowest BCUT2D eigenvalue weighted by Gasteiger charge is -2.22. The van der Waals surface area contributed by atoms with Crippen LogP contribution in [0.3, 0.4) is 0 Å². The van der Waals surface area contributed by atoms with Crippen molar-refractivity contribution in [3.8, 4) is 0 Å². The molecule has 0 atom stereocenters. The van der Waals surface area contributed by atoms with Crippen LogP contribution in [0.2, 0.25) is 0 Å². The molecule has 0 saturated heterocycles. The molecule has 1 saturated carbocycles. The van der Waals surface area contributed by atoms with E-state index in [9.17, 15) is 0 Å². The van der Waals surface area contributed by atoms with Gasteiger partial charge in [0.25, 0.3) is 0 Å². The third-order valence-corrected chi connectivity index (χ3v) is 3.67. The van der Waals surface area contributed by atoms with E-state index < -0.39 is 0 Å². The van der Waals surface area contributed by atoms with Gasteiger partial charge in [-0.15, -0.1) is 0 Å². The van der Waals surface area contributed by atoms with E-state index in [2.05, 4.69) is 58.3 Å². The molecule has 0 spiro atoms. The molecule has 94 valence electrons. The first-order chi connectivity index (χ1) is 8.20. The molecule has 1 aliphatic rings. The number of anilines is 1. The normalized spacial score (nSPS) is 15.0. The Labute approximate surface area is 113 Å². The summed E-state index contributed by atoms with van der Waals surface area (Å²) in [6, 6.07) is 7.34. The summed E-state index contributed by atoms with van der Waals surface area (Å²) in [4.78, 5) is 2.34. The first-order valence-corrected chi connectivity index (χ1v) is 7.23. The lowest BCUT2D eigenvalue weighted by Crippen LogP contribution is -2.22. The van der Waals surface area contributed by atoms with E-state index in [1.807, 2.05) is 0 Å². The van der Waals surface area contributed by atoms with E-state index in [0.29, 0.717) is 0 Å². The Morgan fingerprint density at radius 3 is 2.82 bits per heavy atom. The van der Waals surface area contributed by atoms with Crippen molar-refractivity contribution < 1.29 is 0 Å². The van der Waals surface area contributed by atoms with Crippen LogP contribution >= 0.6 is 15.9 Å². The number of halogens is 1. The molecule has 1 fully saturated rings. The molecule has 0 aromatic heterocycles. The largest absolute Gasteiger partial charge is 0.374 e. The summed E-state index contributed by atoms with van der Waals surface area (Å²) in [7, 11) is 2.17. The Bertz CT molecular complexity index is 374. The molecular weight excluding hydrogens is 276 g/mol. The molecule has 3 heteroatoms. The predicted molar refractivity (Wildman–Crippen MR) is 77.6 cm³/mol. The summed E-state index contributed by atoms with van der Waals surface area (Å²) < 4.78 is 1.16. The SMILES string of the molecule is CCCN(C)c1cc(Br)ccc1CNC1CC1. The van der Waals surface area contributed by atoms with Gasteiger partial charge >= 0.3 is 0 Å². The predicted octanol–water partition coefficient (Wildman–Crippen LogP) is 3.55. The van der Waals surface area contributed by atoms with Gasteiger partial charge in [0.2, 0.25) is 0 Å². The second-order valence-electron chi connectivity index (χ2n) is 4.85. The highest BCUT2D eigenvalue weighted by atomic mass is 79.9. The minimum Gasteiger partial charge on any atom is -0.374 e. The van der Waals surface area contributed by atoms with Gasteiger partial charge < -0.3 is 10.2 Å². The Morgan fingerprint density at radius 1 is 1.41 bits per heavy atom. The average molecular weight is 297 g/mol. The van der Waals surface area contributed by atoms with E-state index in [-0.39, 0.29) is 0 Å². The Hall–Kier alpha value is -0.540. The number of nitrogens with zero attached hydrogens (tertiary/aromatic N) is 1. The highest BCUT2D eigenvalue weighted by Gasteiger charge is 2.20. The fourth-order valence-electron chi connectivity index (χ4n) is 2.04. The Balaban J connectivity index is 2.10. The molecule has 0 amide bonds. The molecular formula is C14H21BrN2. The molecule has 0 bridgehead atoms.